The van der Waals surface area contributed by atoms with Crippen molar-refractivity contribution in [2.24, 2.45) is 0 Å². The van der Waals surface area contributed by atoms with Gasteiger partial charge in [-0.15, -0.1) is 0 Å². The quantitative estimate of drug-likeness (QED) is 0.453. The summed E-state index contributed by atoms with van der Waals surface area (Å²) in [5.74, 6) is 1.56. The van der Waals surface area contributed by atoms with E-state index in [1.54, 1.807) is 24.1 Å². The Kier molecular flexibility index (Phi) is 4.91. The summed E-state index contributed by atoms with van der Waals surface area (Å²) in [5, 5.41) is 8.26. The lowest BCUT2D eigenvalue weighted by Gasteiger charge is -2.25. The van der Waals surface area contributed by atoms with Crippen LogP contribution in [-0.2, 0) is 4.79 Å². The molecule has 156 valence electrons. The fraction of sp³-hybridized carbons (Fsp3) is 0.174. The number of nitrogens with one attached hydrogen (secondary N) is 1. The normalized spacial score (nSPS) is 15.4. The minimum Gasteiger partial charge on any atom is -0.493 e. The molecule has 0 saturated heterocycles. The van der Waals surface area contributed by atoms with Crippen LogP contribution in [0.15, 0.2) is 61.3 Å². The van der Waals surface area contributed by atoms with Gasteiger partial charge in [0.2, 0.25) is 11.0 Å². The summed E-state index contributed by atoms with van der Waals surface area (Å²) in [6.07, 6.45) is 3.76. The molecular weight excluding hydrogens is 412 g/mol. The van der Waals surface area contributed by atoms with E-state index in [1.807, 2.05) is 42.5 Å². The Morgan fingerprint density at radius 1 is 1.26 bits per heavy atom. The number of nitrogens with zero attached hydrogens (tertiary/aromatic N) is 3. The zero-order chi connectivity index (χ0) is 21.4. The first kappa shape index (κ1) is 19.3. The van der Waals surface area contributed by atoms with Gasteiger partial charge in [-0.05, 0) is 18.2 Å². The number of ether oxygens (including phenoxy) is 2. The fourth-order valence-corrected chi connectivity index (χ4v) is 4.79. The molecule has 0 fully saturated rings. The van der Waals surface area contributed by atoms with E-state index in [0.717, 1.165) is 21.3 Å². The van der Waals surface area contributed by atoms with E-state index in [1.165, 1.54) is 11.3 Å². The van der Waals surface area contributed by atoms with Crippen molar-refractivity contribution in [2.75, 3.05) is 19.0 Å². The van der Waals surface area contributed by atoms with Gasteiger partial charge >= 0.3 is 0 Å². The van der Waals surface area contributed by atoms with Crippen molar-refractivity contribution >= 4 is 33.3 Å². The van der Waals surface area contributed by atoms with Crippen molar-refractivity contribution in [2.45, 2.75) is 12.3 Å². The van der Waals surface area contributed by atoms with Gasteiger partial charge in [-0.25, -0.2) is 4.98 Å². The number of thiazole rings is 1. The summed E-state index contributed by atoms with van der Waals surface area (Å²) in [4.78, 5) is 17.4. The van der Waals surface area contributed by atoms with Crippen LogP contribution >= 0.6 is 11.3 Å². The summed E-state index contributed by atoms with van der Waals surface area (Å²) in [6, 6.07) is 13.6. The lowest BCUT2D eigenvalue weighted by molar-refractivity contribution is -0.116. The van der Waals surface area contributed by atoms with Gasteiger partial charge < -0.3 is 14.8 Å². The highest BCUT2D eigenvalue weighted by Gasteiger charge is 2.33. The summed E-state index contributed by atoms with van der Waals surface area (Å²) >= 11 is 1.53. The van der Waals surface area contributed by atoms with Crippen molar-refractivity contribution in [1.29, 1.82) is 0 Å². The van der Waals surface area contributed by atoms with Gasteiger partial charge in [0.05, 0.1) is 23.5 Å². The number of carbonyl (C=O) groups excluding carboxylic acids is 1. The number of para-hydroxylation sites is 2. The number of amides is 1. The van der Waals surface area contributed by atoms with Gasteiger partial charge in [0.25, 0.3) is 0 Å². The standard InChI is InChI=1S/C23H20N4O3S/c1-3-11-30-21-14(7-6-9-18(21)29-2)15-12-20(28)26-22-16(15)13-24-27(22)23-25-17-8-4-5-10-19(17)31-23/h3-10,13,15H,1,11-12H2,2H3,(H,26,28)/t15-/m1/s1. The highest BCUT2D eigenvalue weighted by atomic mass is 32.1. The first-order valence-corrected chi connectivity index (χ1v) is 10.7. The fourth-order valence-electron chi connectivity index (χ4n) is 3.86. The Bertz CT molecular complexity index is 1260. The van der Waals surface area contributed by atoms with E-state index in [4.69, 9.17) is 9.47 Å². The third-order valence-corrected chi connectivity index (χ3v) is 6.25. The second-order valence-corrected chi connectivity index (χ2v) is 8.12. The van der Waals surface area contributed by atoms with Crippen LogP contribution in [0.1, 0.15) is 23.5 Å². The minimum absolute atomic E-state index is 0.0853. The molecule has 1 atom stereocenters. The van der Waals surface area contributed by atoms with Crippen LogP contribution in [0, 0.1) is 0 Å². The van der Waals surface area contributed by atoms with E-state index in [0.29, 0.717) is 29.1 Å². The van der Waals surface area contributed by atoms with Crippen LogP contribution in [0.3, 0.4) is 0 Å². The van der Waals surface area contributed by atoms with Gasteiger partial charge in [-0.3, -0.25) is 4.79 Å². The minimum atomic E-state index is -0.221. The number of fused-ring (bicyclic) bond motifs is 2. The first-order chi connectivity index (χ1) is 15.2. The Labute approximate surface area is 182 Å². The smallest absolute Gasteiger partial charge is 0.226 e. The molecule has 1 aliphatic rings. The molecule has 2 aromatic carbocycles. The second-order valence-electron chi connectivity index (χ2n) is 7.11. The van der Waals surface area contributed by atoms with Crippen LogP contribution in [0.2, 0.25) is 0 Å². The molecule has 0 aliphatic carbocycles. The molecule has 0 bridgehead atoms. The highest BCUT2D eigenvalue weighted by Crippen LogP contribution is 2.44. The monoisotopic (exact) mass is 432 g/mol. The zero-order valence-electron chi connectivity index (χ0n) is 16.9. The van der Waals surface area contributed by atoms with Crippen LogP contribution in [-0.4, -0.2) is 34.4 Å². The number of aromatic nitrogens is 3. The highest BCUT2D eigenvalue weighted by molar-refractivity contribution is 7.20. The van der Waals surface area contributed by atoms with Gasteiger partial charge in [0.1, 0.15) is 12.4 Å². The summed E-state index contributed by atoms with van der Waals surface area (Å²) in [7, 11) is 1.60. The number of carbonyl (C=O) groups is 1. The van der Waals surface area contributed by atoms with E-state index in [2.05, 4.69) is 22.0 Å². The average molecular weight is 433 g/mol. The molecule has 1 aliphatic heterocycles. The Balaban J connectivity index is 1.62. The molecule has 0 spiro atoms. The second kappa shape index (κ2) is 7.88. The maximum Gasteiger partial charge on any atom is 0.226 e. The number of anilines is 1. The Hall–Kier alpha value is -3.65. The molecule has 7 nitrogen and oxygen atoms in total. The SMILES string of the molecule is C=CCOc1c(OC)cccc1[C@H]1CC(=O)Nc2c1cnn2-c1nc2ccccc2s1. The predicted molar refractivity (Wildman–Crippen MR) is 121 cm³/mol. The van der Waals surface area contributed by atoms with Gasteiger partial charge in [-0.2, -0.15) is 9.78 Å². The lowest BCUT2D eigenvalue weighted by atomic mass is 9.86. The molecule has 2 aromatic heterocycles. The van der Waals surface area contributed by atoms with E-state index in [-0.39, 0.29) is 18.2 Å². The Morgan fingerprint density at radius 3 is 2.94 bits per heavy atom. The van der Waals surface area contributed by atoms with Crippen LogP contribution in [0.5, 0.6) is 11.5 Å². The van der Waals surface area contributed by atoms with Crippen molar-refractivity contribution in [3.8, 4) is 16.6 Å². The van der Waals surface area contributed by atoms with Gasteiger partial charge in [-0.1, -0.05) is 48.3 Å². The molecule has 4 aromatic rings. The molecule has 1 N–H and O–H groups in total. The van der Waals surface area contributed by atoms with Crippen molar-refractivity contribution < 1.29 is 14.3 Å². The third-order valence-electron chi connectivity index (χ3n) is 5.23. The van der Waals surface area contributed by atoms with E-state index in [9.17, 15) is 4.79 Å². The summed E-state index contributed by atoms with van der Waals surface area (Å²) < 4.78 is 14.2. The van der Waals surface area contributed by atoms with Crippen LogP contribution in [0.25, 0.3) is 15.3 Å². The van der Waals surface area contributed by atoms with E-state index >= 15 is 0 Å². The van der Waals surface area contributed by atoms with E-state index < -0.39 is 0 Å². The number of benzene rings is 2. The lowest BCUT2D eigenvalue weighted by Crippen LogP contribution is -2.25. The van der Waals surface area contributed by atoms with Gasteiger partial charge in [0.15, 0.2) is 11.5 Å². The summed E-state index contributed by atoms with van der Waals surface area (Å²) in [6.45, 7) is 4.06. The predicted octanol–water partition coefficient (Wildman–Crippen LogP) is 4.53. The molecule has 31 heavy (non-hydrogen) atoms. The molecular formula is C23H20N4O3S. The number of hydrogen-bond donors (Lipinski definition) is 1. The number of methoxy groups -OCH3 is 1. The maximum absolute atomic E-state index is 12.7. The first-order valence-electron chi connectivity index (χ1n) is 9.84. The third kappa shape index (κ3) is 3.34. The molecule has 1 amide bonds. The maximum atomic E-state index is 12.7. The molecule has 0 saturated carbocycles. The number of hydrogen-bond acceptors (Lipinski definition) is 6. The molecule has 5 rings (SSSR count). The van der Waals surface area contributed by atoms with Crippen LogP contribution in [0.4, 0.5) is 5.82 Å². The number of rotatable bonds is 6. The van der Waals surface area contributed by atoms with Crippen molar-refractivity contribution in [3.63, 3.8) is 0 Å². The average Bonchev–Trinajstić information content (AvgIpc) is 3.40. The zero-order valence-corrected chi connectivity index (χ0v) is 17.7. The molecule has 3 heterocycles. The Morgan fingerprint density at radius 2 is 2.13 bits per heavy atom. The van der Waals surface area contributed by atoms with Crippen molar-refractivity contribution in [1.82, 2.24) is 14.8 Å². The topological polar surface area (TPSA) is 78.3 Å². The largest absolute Gasteiger partial charge is 0.493 e. The summed E-state index contributed by atoms with van der Waals surface area (Å²) in [5.41, 5.74) is 2.69. The van der Waals surface area contributed by atoms with Gasteiger partial charge in [0, 0.05) is 23.5 Å². The van der Waals surface area contributed by atoms with Crippen LogP contribution < -0.4 is 14.8 Å². The molecule has 8 heteroatoms. The molecule has 0 unspecified atom stereocenters. The molecule has 0 radical (unpaired) electrons. The van der Waals surface area contributed by atoms with Crippen molar-refractivity contribution in [3.05, 3.63) is 72.4 Å².